The lowest BCUT2D eigenvalue weighted by molar-refractivity contribution is -0.385. The molecule has 0 aliphatic carbocycles. The third kappa shape index (κ3) is 9.38. The number of aliphatic hydroxyl groups excluding tert-OH is 1. The normalized spacial score (nSPS) is 12.8. The molecular weight excluding hydrogens is 380 g/mol. The fourth-order valence-electron chi connectivity index (χ4n) is 2.58. The van der Waals surface area contributed by atoms with Gasteiger partial charge in [-0.3, -0.25) is 14.9 Å². The van der Waals surface area contributed by atoms with Gasteiger partial charge < -0.3 is 19.9 Å². The number of amides is 1. The molecule has 9 nitrogen and oxygen atoms in total. The topological polar surface area (TPSA) is 128 Å². The summed E-state index contributed by atoms with van der Waals surface area (Å²) in [5.74, 6) is -0.556. The maximum absolute atomic E-state index is 12.3. The van der Waals surface area contributed by atoms with E-state index in [9.17, 15) is 24.8 Å². The van der Waals surface area contributed by atoms with E-state index in [0.29, 0.717) is 5.56 Å². The van der Waals surface area contributed by atoms with Gasteiger partial charge in [-0.1, -0.05) is 0 Å². The number of rotatable bonds is 7. The molecule has 0 saturated heterocycles. The van der Waals surface area contributed by atoms with Crippen molar-refractivity contribution >= 4 is 17.7 Å². The van der Waals surface area contributed by atoms with Gasteiger partial charge in [0.05, 0.1) is 18.0 Å². The Kier molecular flexibility index (Phi) is 8.14. The fraction of sp³-hybridized carbons (Fsp3) is 0.600. The molecule has 0 radical (unpaired) electrons. The van der Waals surface area contributed by atoms with Crippen molar-refractivity contribution in [2.45, 2.75) is 78.2 Å². The molecule has 162 valence electrons. The Morgan fingerprint density at radius 2 is 1.72 bits per heavy atom. The Labute approximate surface area is 170 Å². The average Bonchev–Trinajstić information content (AvgIpc) is 2.50. The highest BCUT2D eigenvalue weighted by Crippen LogP contribution is 2.23. The molecule has 1 aromatic carbocycles. The lowest BCUT2D eigenvalue weighted by atomic mass is 9.99. The predicted molar refractivity (Wildman–Crippen MR) is 106 cm³/mol. The van der Waals surface area contributed by atoms with E-state index in [-0.39, 0.29) is 30.7 Å². The number of nitro benzene ring substituents is 1. The number of esters is 1. The van der Waals surface area contributed by atoms with E-state index in [4.69, 9.17) is 9.47 Å². The van der Waals surface area contributed by atoms with Crippen LogP contribution in [-0.2, 0) is 27.3 Å². The number of hydrogen-bond donors (Lipinski definition) is 2. The van der Waals surface area contributed by atoms with Crippen molar-refractivity contribution in [3.8, 4) is 0 Å². The molecular formula is C20H30N2O7. The standard InChI is InChI=1S/C20H30N2O7/c1-19(2,3)28-17(24)11-15(21-18(25)29-20(4,5)6)10-14-9-13(12-23)7-8-16(14)22(26)27/h7-9,15,23H,10-12H2,1-6H3,(H,21,25)/t15-/m1/s1. The quantitative estimate of drug-likeness (QED) is 0.401. The molecule has 0 aliphatic heterocycles. The summed E-state index contributed by atoms with van der Waals surface area (Å²) in [6.45, 7) is 9.96. The van der Waals surface area contributed by atoms with Crippen LogP contribution < -0.4 is 5.32 Å². The van der Waals surface area contributed by atoms with E-state index >= 15 is 0 Å². The molecule has 0 aromatic heterocycles. The molecule has 1 amide bonds. The van der Waals surface area contributed by atoms with Crippen molar-refractivity contribution in [2.75, 3.05) is 0 Å². The largest absolute Gasteiger partial charge is 0.460 e. The minimum absolute atomic E-state index is 0.0113. The molecule has 0 bridgehead atoms. The van der Waals surface area contributed by atoms with Crippen LogP contribution >= 0.6 is 0 Å². The number of benzene rings is 1. The van der Waals surface area contributed by atoms with E-state index < -0.39 is 34.2 Å². The second-order valence-electron chi connectivity index (χ2n) is 8.72. The Morgan fingerprint density at radius 1 is 1.14 bits per heavy atom. The van der Waals surface area contributed by atoms with E-state index in [2.05, 4.69) is 5.32 Å². The second kappa shape index (κ2) is 9.69. The summed E-state index contributed by atoms with van der Waals surface area (Å²) in [5.41, 5.74) is -0.855. The molecule has 1 rings (SSSR count). The van der Waals surface area contributed by atoms with Crippen molar-refractivity contribution in [1.82, 2.24) is 5.32 Å². The van der Waals surface area contributed by atoms with E-state index in [1.165, 1.54) is 18.2 Å². The fourth-order valence-corrected chi connectivity index (χ4v) is 2.58. The van der Waals surface area contributed by atoms with Crippen LogP contribution in [0.4, 0.5) is 10.5 Å². The Morgan fingerprint density at radius 3 is 2.21 bits per heavy atom. The van der Waals surface area contributed by atoms with Gasteiger partial charge in [-0.25, -0.2) is 4.79 Å². The number of ether oxygens (including phenoxy) is 2. The molecule has 0 saturated carbocycles. The van der Waals surface area contributed by atoms with Crippen molar-refractivity contribution in [1.29, 1.82) is 0 Å². The van der Waals surface area contributed by atoms with Gasteiger partial charge in [-0.05, 0) is 59.2 Å². The van der Waals surface area contributed by atoms with Crippen LogP contribution in [0.25, 0.3) is 0 Å². The summed E-state index contributed by atoms with van der Waals surface area (Å²) in [5, 5.41) is 23.3. The number of nitrogens with one attached hydrogen (secondary N) is 1. The molecule has 0 fully saturated rings. The highest BCUT2D eigenvalue weighted by Gasteiger charge is 2.27. The minimum atomic E-state index is -0.799. The van der Waals surface area contributed by atoms with E-state index in [0.717, 1.165) is 0 Å². The smallest absolute Gasteiger partial charge is 0.407 e. The predicted octanol–water partition coefficient (Wildman–Crippen LogP) is 3.25. The van der Waals surface area contributed by atoms with Gasteiger partial charge in [0.2, 0.25) is 0 Å². The number of aliphatic hydroxyl groups is 1. The molecule has 9 heteroatoms. The number of alkyl carbamates (subject to hydrolysis) is 1. The molecule has 1 aromatic rings. The molecule has 0 aliphatic rings. The monoisotopic (exact) mass is 410 g/mol. The SMILES string of the molecule is CC(C)(C)OC(=O)C[C@@H](Cc1cc(CO)ccc1[N+](=O)[O-])NC(=O)OC(C)(C)C. The first-order valence-corrected chi connectivity index (χ1v) is 9.28. The number of nitro groups is 1. The lowest BCUT2D eigenvalue weighted by Crippen LogP contribution is -2.42. The van der Waals surface area contributed by atoms with Crippen LogP contribution in [0.2, 0.25) is 0 Å². The van der Waals surface area contributed by atoms with Gasteiger partial charge in [-0.15, -0.1) is 0 Å². The Bertz CT molecular complexity index is 718. The lowest BCUT2D eigenvalue weighted by Gasteiger charge is -2.25. The molecule has 0 heterocycles. The first-order chi connectivity index (χ1) is 13.2. The van der Waals surface area contributed by atoms with Crippen molar-refractivity contribution < 1.29 is 29.1 Å². The van der Waals surface area contributed by atoms with Crippen LogP contribution in [0.3, 0.4) is 0 Å². The zero-order valence-corrected chi connectivity index (χ0v) is 17.8. The first kappa shape index (κ1) is 24.4. The average molecular weight is 410 g/mol. The summed E-state index contributed by atoms with van der Waals surface area (Å²) in [6.07, 6.45) is -0.952. The highest BCUT2D eigenvalue weighted by atomic mass is 16.6. The molecule has 0 unspecified atom stereocenters. The van der Waals surface area contributed by atoms with Crippen molar-refractivity contribution in [3.05, 3.63) is 39.4 Å². The van der Waals surface area contributed by atoms with Gasteiger partial charge in [-0.2, -0.15) is 0 Å². The van der Waals surface area contributed by atoms with Crippen molar-refractivity contribution in [2.24, 2.45) is 0 Å². The second-order valence-corrected chi connectivity index (χ2v) is 8.72. The summed E-state index contributed by atoms with van der Waals surface area (Å²) < 4.78 is 10.5. The number of nitrogens with zero attached hydrogens (tertiary/aromatic N) is 1. The molecule has 29 heavy (non-hydrogen) atoms. The summed E-state index contributed by atoms with van der Waals surface area (Å²) in [4.78, 5) is 35.3. The van der Waals surface area contributed by atoms with Gasteiger partial charge in [0, 0.05) is 24.1 Å². The molecule has 2 N–H and O–H groups in total. The maximum atomic E-state index is 12.3. The summed E-state index contributed by atoms with van der Waals surface area (Å²) in [7, 11) is 0. The van der Waals surface area contributed by atoms with Gasteiger partial charge >= 0.3 is 12.1 Å². The zero-order valence-electron chi connectivity index (χ0n) is 17.8. The molecule has 0 spiro atoms. The summed E-state index contributed by atoms with van der Waals surface area (Å²) in [6, 6.07) is 3.43. The minimum Gasteiger partial charge on any atom is -0.460 e. The highest BCUT2D eigenvalue weighted by molar-refractivity contribution is 5.73. The van der Waals surface area contributed by atoms with Gasteiger partial charge in [0.1, 0.15) is 11.2 Å². The Balaban J connectivity index is 3.12. The van der Waals surface area contributed by atoms with Crippen LogP contribution in [-0.4, -0.2) is 39.3 Å². The van der Waals surface area contributed by atoms with Gasteiger partial charge in [0.15, 0.2) is 0 Å². The Hall–Kier alpha value is -2.68. The van der Waals surface area contributed by atoms with E-state index in [1.807, 2.05) is 0 Å². The molecule has 1 atom stereocenters. The zero-order chi connectivity index (χ0) is 22.4. The maximum Gasteiger partial charge on any atom is 0.407 e. The van der Waals surface area contributed by atoms with Crippen LogP contribution in [0.15, 0.2) is 18.2 Å². The first-order valence-electron chi connectivity index (χ1n) is 9.28. The number of hydrogen-bond acceptors (Lipinski definition) is 7. The van der Waals surface area contributed by atoms with Crippen LogP contribution in [0.5, 0.6) is 0 Å². The van der Waals surface area contributed by atoms with Crippen LogP contribution in [0.1, 0.15) is 59.1 Å². The number of carbonyl (C=O) groups is 2. The third-order valence-corrected chi connectivity index (χ3v) is 3.54. The number of carbonyl (C=O) groups excluding carboxylic acids is 2. The summed E-state index contributed by atoms with van der Waals surface area (Å²) >= 11 is 0. The van der Waals surface area contributed by atoms with E-state index in [1.54, 1.807) is 41.5 Å². The van der Waals surface area contributed by atoms with Gasteiger partial charge in [0.25, 0.3) is 5.69 Å². The van der Waals surface area contributed by atoms with Crippen molar-refractivity contribution in [3.63, 3.8) is 0 Å². The third-order valence-electron chi connectivity index (χ3n) is 3.54. The van der Waals surface area contributed by atoms with Crippen LogP contribution in [0, 0.1) is 10.1 Å².